The second-order valence-corrected chi connectivity index (χ2v) is 16.8. The van der Waals surface area contributed by atoms with Gasteiger partial charge >= 0.3 is 12.1 Å². The van der Waals surface area contributed by atoms with Crippen molar-refractivity contribution in [1.82, 2.24) is 30.4 Å². The number of aryl methyl sites for hydroxylation is 1. The van der Waals surface area contributed by atoms with Gasteiger partial charge in [-0.05, 0) is 80.5 Å². The molecule has 0 aliphatic carbocycles. The Labute approximate surface area is 336 Å². The number of benzene rings is 1. The van der Waals surface area contributed by atoms with Gasteiger partial charge in [-0.2, -0.15) is 5.10 Å². The van der Waals surface area contributed by atoms with E-state index in [1.807, 2.05) is 68.0 Å². The van der Waals surface area contributed by atoms with Crippen molar-refractivity contribution in [1.29, 1.82) is 0 Å². The summed E-state index contributed by atoms with van der Waals surface area (Å²) in [5, 5.41) is 21.4. The highest BCUT2D eigenvalue weighted by Gasteiger charge is 2.60. The number of fused-ring (bicyclic) bond motifs is 2. The van der Waals surface area contributed by atoms with Crippen LogP contribution in [0.5, 0.6) is 0 Å². The molecule has 13 atom stereocenters. The number of amides is 2. The molecule has 3 fully saturated rings. The van der Waals surface area contributed by atoms with Crippen LogP contribution in [0.4, 0.5) is 4.79 Å². The zero-order valence-corrected chi connectivity index (χ0v) is 35.4. The van der Waals surface area contributed by atoms with Crippen LogP contribution in [0.1, 0.15) is 81.1 Å². The van der Waals surface area contributed by atoms with E-state index in [1.165, 1.54) is 19.0 Å². The summed E-state index contributed by atoms with van der Waals surface area (Å²) in [7, 11) is 5.24. The first kappa shape index (κ1) is 44.4. The van der Waals surface area contributed by atoms with Crippen LogP contribution in [0.25, 0.3) is 10.9 Å². The zero-order valence-electron chi connectivity index (χ0n) is 35.4. The summed E-state index contributed by atoms with van der Waals surface area (Å²) in [5.41, 5.74) is 1.49. The molecule has 57 heavy (non-hydrogen) atoms. The Kier molecular flexibility index (Phi) is 14.1. The third kappa shape index (κ3) is 9.15. The Morgan fingerprint density at radius 3 is 2.44 bits per heavy atom. The van der Waals surface area contributed by atoms with Crippen LogP contribution in [-0.2, 0) is 44.6 Å². The van der Waals surface area contributed by atoms with E-state index in [0.717, 1.165) is 10.9 Å². The van der Waals surface area contributed by atoms with Gasteiger partial charge in [0.2, 0.25) is 5.91 Å². The van der Waals surface area contributed by atoms with Crippen LogP contribution in [0.2, 0.25) is 0 Å². The number of aliphatic hydroxyl groups is 1. The topological polar surface area (TPSA) is 183 Å². The molecule has 3 N–H and O–H groups in total. The lowest BCUT2D eigenvalue weighted by atomic mass is 9.79. The fourth-order valence-electron chi connectivity index (χ4n) is 9.03. The number of hydrazine groups is 1. The monoisotopic (exact) mass is 800 g/mol. The van der Waals surface area contributed by atoms with E-state index in [1.54, 1.807) is 34.6 Å². The molecule has 4 heterocycles. The number of nitrogens with one attached hydrogen (secondary N) is 2. The highest BCUT2D eigenvalue weighted by molar-refractivity contribution is 6.00. The highest BCUT2D eigenvalue weighted by atomic mass is 16.7. The van der Waals surface area contributed by atoms with Crippen molar-refractivity contribution >= 4 is 34.7 Å². The normalized spacial score (nSPS) is 37.4. The first-order chi connectivity index (χ1) is 26.9. The maximum Gasteiger partial charge on any atom is 0.425 e. The van der Waals surface area contributed by atoms with Crippen molar-refractivity contribution in [3.63, 3.8) is 0 Å². The Bertz CT molecular complexity index is 1740. The van der Waals surface area contributed by atoms with Crippen molar-refractivity contribution in [3.8, 4) is 0 Å². The molecule has 1 aromatic heterocycles. The Hall–Kier alpha value is -3.67. The Balaban J connectivity index is 1.44. The largest absolute Gasteiger partial charge is 0.458 e. The van der Waals surface area contributed by atoms with E-state index in [-0.39, 0.29) is 30.9 Å². The summed E-state index contributed by atoms with van der Waals surface area (Å²) in [6.45, 7) is 14.7. The number of esters is 1. The van der Waals surface area contributed by atoms with E-state index in [9.17, 15) is 24.3 Å². The summed E-state index contributed by atoms with van der Waals surface area (Å²) in [6.07, 6.45) is -1.79. The third-order valence-corrected chi connectivity index (χ3v) is 12.3. The number of carbonyl (C=O) groups is 4. The van der Waals surface area contributed by atoms with E-state index >= 15 is 0 Å². The molecule has 0 radical (unpaired) electrons. The lowest BCUT2D eigenvalue weighted by molar-refractivity contribution is -0.295. The average molecular weight is 801 g/mol. The van der Waals surface area contributed by atoms with Gasteiger partial charge in [0.05, 0.1) is 35.4 Å². The number of carbonyl (C=O) groups excluding carboxylic acids is 4. The first-order valence-electron chi connectivity index (χ1n) is 20.3. The van der Waals surface area contributed by atoms with Crippen LogP contribution in [0.15, 0.2) is 30.5 Å². The number of para-hydroxylation sites is 1. The summed E-state index contributed by atoms with van der Waals surface area (Å²) in [4.78, 5) is 58.2. The molecule has 3 saturated heterocycles. The maximum atomic E-state index is 14.3. The molecule has 0 saturated carbocycles. The summed E-state index contributed by atoms with van der Waals surface area (Å²) in [5.74, 6) is -4.71. The average Bonchev–Trinajstić information content (AvgIpc) is 3.70. The fraction of sp³-hybridized carbons (Fsp3) is 0.732. The summed E-state index contributed by atoms with van der Waals surface area (Å²) >= 11 is 0. The van der Waals surface area contributed by atoms with E-state index in [2.05, 4.69) is 15.8 Å². The van der Waals surface area contributed by atoms with Crippen molar-refractivity contribution in [2.24, 2.45) is 17.8 Å². The lowest BCUT2D eigenvalue weighted by Crippen LogP contribution is -2.61. The number of rotatable bonds is 10. The number of ketones is 1. The molecule has 3 aliphatic rings. The molecule has 16 heteroatoms. The molecule has 318 valence electrons. The molecule has 1 aromatic carbocycles. The molecule has 1 unspecified atom stereocenters. The van der Waals surface area contributed by atoms with Gasteiger partial charge in [0, 0.05) is 43.6 Å². The number of hydrogen-bond acceptors (Lipinski definition) is 13. The van der Waals surface area contributed by atoms with E-state index in [4.69, 9.17) is 23.7 Å². The number of aliphatic hydroxyl groups excluding tert-OH is 1. The summed E-state index contributed by atoms with van der Waals surface area (Å²) in [6, 6.07) is 6.18. The molecular weight excluding hydrogens is 736 g/mol. The zero-order chi connectivity index (χ0) is 42.0. The Morgan fingerprint density at radius 1 is 1.07 bits per heavy atom. The van der Waals surface area contributed by atoms with Gasteiger partial charge in [0.25, 0.3) is 0 Å². The molecule has 3 aliphatic heterocycles. The van der Waals surface area contributed by atoms with Gasteiger partial charge < -0.3 is 39.0 Å². The van der Waals surface area contributed by atoms with Crippen LogP contribution >= 0.6 is 0 Å². The predicted molar refractivity (Wildman–Crippen MR) is 210 cm³/mol. The number of ether oxygens (including phenoxy) is 5. The maximum absolute atomic E-state index is 14.3. The second kappa shape index (κ2) is 18.1. The van der Waals surface area contributed by atoms with Crippen LogP contribution in [0.3, 0.4) is 0 Å². The standard InChI is InChI=1S/C41H64N6O10/c1-12-31-41(8)34(47(39(52)57-41)42-18-15-19-46-29-17-14-13-16-28(29)22-43-46)27(6)36(50)44-23(2)21-40(7,53-11)35(25(4)32(48)26(5)37(51)55-31)56-38-33(49)30(45(9)10)20-24(3)54-38/h13-14,16-17,22-27,30-31,33-35,38,42,49H,12,15,18-21H2,1-11H3,(H,44,50)/t23-,24-,25+,26-,27?,30+,31-,33-,34-,35-,38+,40+,41-/m1/s1. The van der Waals surface area contributed by atoms with Crippen molar-refractivity contribution < 1.29 is 48.0 Å². The number of Topliss-reactive ketones (excluding diaryl/α,β-unsaturated/α-hetero) is 1. The van der Waals surface area contributed by atoms with Gasteiger partial charge in [-0.15, -0.1) is 0 Å². The third-order valence-electron chi connectivity index (χ3n) is 12.3. The van der Waals surface area contributed by atoms with Crippen LogP contribution < -0.4 is 10.7 Å². The number of likely N-dealkylation sites (N-methyl/N-ethyl adjacent to an activating group) is 1. The predicted octanol–water partition coefficient (Wildman–Crippen LogP) is 3.43. The SMILES string of the molecule is CC[C@H]1OC(=O)[C@H](C)C(=O)[C@H](C)[C@@H](O[C@@H]2O[C@H](C)C[C@H](N(C)C)[C@H]2O)[C@@](C)(OC)C[C@@H](C)NC(=O)C(C)[C@H]2N(NCCCn3ncc4ccccc43)C(=O)O[C@]12C. The number of nitrogens with zero attached hydrogens (tertiary/aromatic N) is 4. The van der Waals surface area contributed by atoms with E-state index in [0.29, 0.717) is 25.9 Å². The first-order valence-corrected chi connectivity index (χ1v) is 20.3. The van der Waals surface area contributed by atoms with E-state index < -0.39 is 83.5 Å². The highest BCUT2D eigenvalue weighted by Crippen LogP contribution is 2.40. The second-order valence-electron chi connectivity index (χ2n) is 16.8. The van der Waals surface area contributed by atoms with Gasteiger partial charge in [0.1, 0.15) is 24.2 Å². The van der Waals surface area contributed by atoms with Crippen LogP contribution in [-0.4, -0.2) is 136 Å². The number of hydrogen-bond donors (Lipinski definition) is 3. The molecule has 2 amide bonds. The molecule has 16 nitrogen and oxygen atoms in total. The molecule has 2 aromatic rings. The summed E-state index contributed by atoms with van der Waals surface area (Å²) < 4.78 is 32.9. The minimum Gasteiger partial charge on any atom is -0.458 e. The van der Waals surface area contributed by atoms with Gasteiger partial charge in [0.15, 0.2) is 17.7 Å². The minimum absolute atomic E-state index is 0.178. The fourth-order valence-corrected chi connectivity index (χ4v) is 9.03. The molecule has 0 spiro atoms. The molecule has 0 bridgehead atoms. The number of cyclic esters (lactones) is 1. The van der Waals surface area contributed by atoms with Crippen molar-refractivity contribution in [2.75, 3.05) is 27.7 Å². The van der Waals surface area contributed by atoms with Gasteiger partial charge in [-0.1, -0.05) is 39.0 Å². The number of methoxy groups -OCH3 is 1. The van der Waals surface area contributed by atoms with Crippen molar-refractivity contribution in [3.05, 3.63) is 30.5 Å². The van der Waals surface area contributed by atoms with Crippen LogP contribution in [0, 0.1) is 17.8 Å². The quantitative estimate of drug-likeness (QED) is 0.181. The molecule has 5 rings (SSSR count). The van der Waals surface area contributed by atoms with Crippen molar-refractivity contribution in [2.45, 2.75) is 148 Å². The minimum atomic E-state index is -1.48. The van der Waals surface area contributed by atoms with Gasteiger partial charge in [-0.3, -0.25) is 19.1 Å². The Morgan fingerprint density at radius 2 is 1.77 bits per heavy atom. The lowest BCUT2D eigenvalue weighted by Gasteiger charge is -2.46. The number of aromatic nitrogens is 2. The van der Waals surface area contributed by atoms with Gasteiger partial charge in [-0.25, -0.2) is 15.2 Å². The smallest absolute Gasteiger partial charge is 0.425 e. The molecular formula is C41H64N6O10.